The van der Waals surface area contributed by atoms with Crippen LogP contribution in [0.3, 0.4) is 0 Å². The van der Waals surface area contributed by atoms with E-state index in [1.165, 1.54) is 0 Å². The van der Waals surface area contributed by atoms with E-state index in [0.717, 1.165) is 23.1 Å². The van der Waals surface area contributed by atoms with E-state index in [1.807, 2.05) is 68.4 Å². The molecule has 0 saturated carbocycles. The summed E-state index contributed by atoms with van der Waals surface area (Å²) >= 11 is 9.45. The molecule has 3 aromatic rings. The number of amides is 2. The number of hydrogen-bond donors (Lipinski definition) is 1. The molecular formula is C28H30BrClN2O3. The highest BCUT2D eigenvalue weighted by molar-refractivity contribution is 9.10. The highest BCUT2D eigenvalue weighted by Crippen LogP contribution is 2.28. The van der Waals surface area contributed by atoms with Crippen LogP contribution in [0.2, 0.25) is 5.02 Å². The van der Waals surface area contributed by atoms with Crippen molar-refractivity contribution in [1.82, 2.24) is 10.2 Å². The normalized spacial score (nSPS) is 11.5. The van der Waals surface area contributed by atoms with E-state index in [4.69, 9.17) is 16.3 Å². The van der Waals surface area contributed by atoms with E-state index in [9.17, 15) is 9.59 Å². The van der Waals surface area contributed by atoms with Crippen LogP contribution in [0, 0.1) is 6.92 Å². The third kappa shape index (κ3) is 8.11. The molecule has 0 aromatic heterocycles. The largest absolute Gasteiger partial charge is 0.483 e. The van der Waals surface area contributed by atoms with Crippen LogP contribution in [-0.2, 0) is 22.6 Å². The molecular weight excluding hydrogens is 528 g/mol. The first-order valence-corrected chi connectivity index (χ1v) is 12.8. The zero-order valence-electron chi connectivity index (χ0n) is 20.0. The molecule has 0 aliphatic carbocycles. The van der Waals surface area contributed by atoms with E-state index in [2.05, 4.69) is 21.2 Å². The van der Waals surface area contributed by atoms with Crippen molar-refractivity contribution in [3.63, 3.8) is 0 Å². The Hall–Kier alpha value is -2.83. The molecule has 0 unspecified atom stereocenters. The summed E-state index contributed by atoms with van der Waals surface area (Å²) in [7, 11) is 0. The number of nitrogens with one attached hydrogen (secondary N) is 1. The second kappa shape index (κ2) is 13.3. The number of carbonyl (C=O) groups excluding carboxylic acids is 2. The van der Waals surface area contributed by atoms with Gasteiger partial charge in [-0.2, -0.15) is 0 Å². The van der Waals surface area contributed by atoms with Crippen LogP contribution < -0.4 is 10.1 Å². The lowest BCUT2D eigenvalue weighted by molar-refractivity contribution is -0.142. The van der Waals surface area contributed by atoms with Crippen molar-refractivity contribution in [2.75, 3.05) is 13.2 Å². The lowest BCUT2D eigenvalue weighted by Gasteiger charge is -2.31. The number of rotatable bonds is 11. The zero-order valence-corrected chi connectivity index (χ0v) is 22.3. The predicted molar refractivity (Wildman–Crippen MR) is 144 cm³/mol. The Kier molecular flexibility index (Phi) is 10.2. The standard InChI is InChI=1S/C28H30BrClN2O3/c1-3-14-31-28(34)25(16-21-9-5-4-6-10-21)32(18-22-11-7-8-20(2)15-22)27(33)19-35-26-13-12-23(30)17-24(26)29/h4-13,15,17,25H,3,14,16,18-19H2,1-2H3,(H,31,34)/t25-/m1/s1. The molecule has 3 aromatic carbocycles. The van der Waals surface area contributed by atoms with Gasteiger partial charge in [-0.1, -0.05) is 78.7 Å². The van der Waals surface area contributed by atoms with Crippen LogP contribution in [0.25, 0.3) is 0 Å². The Morgan fingerprint density at radius 2 is 1.77 bits per heavy atom. The van der Waals surface area contributed by atoms with Crippen molar-refractivity contribution in [2.45, 2.75) is 39.3 Å². The molecule has 1 N–H and O–H groups in total. The number of carbonyl (C=O) groups is 2. The van der Waals surface area contributed by atoms with E-state index < -0.39 is 6.04 Å². The number of halogens is 2. The van der Waals surface area contributed by atoms with Gasteiger partial charge in [-0.25, -0.2) is 0 Å². The van der Waals surface area contributed by atoms with Gasteiger partial charge in [-0.3, -0.25) is 9.59 Å². The van der Waals surface area contributed by atoms with Crippen LogP contribution in [0.4, 0.5) is 0 Å². The quantitative estimate of drug-likeness (QED) is 0.317. The maximum Gasteiger partial charge on any atom is 0.261 e. The van der Waals surface area contributed by atoms with Crippen LogP contribution in [0.5, 0.6) is 5.75 Å². The van der Waals surface area contributed by atoms with E-state index in [1.54, 1.807) is 23.1 Å². The molecule has 7 heteroatoms. The number of benzene rings is 3. The molecule has 0 spiro atoms. The van der Waals surface area contributed by atoms with E-state index in [-0.39, 0.29) is 18.4 Å². The summed E-state index contributed by atoms with van der Waals surface area (Å²) < 4.78 is 6.49. The molecule has 1 atom stereocenters. The topological polar surface area (TPSA) is 58.6 Å². The molecule has 0 aliphatic rings. The van der Waals surface area contributed by atoms with Gasteiger partial charge in [0, 0.05) is 24.5 Å². The molecule has 0 aliphatic heterocycles. The van der Waals surface area contributed by atoms with Gasteiger partial charge in [0.25, 0.3) is 5.91 Å². The first kappa shape index (κ1) is 26.8. The Labute approximate surface area is 220 Å². The van der Waals surface area contributed by atoms with E-state index in [0.29, 0.717) is 34.8 Å². The smallest absolute Gasteiger partial charge is 0.261 e. The van der Waals surface area contributed by atoms with Crippen LogP contribution in [0.15, 0.2) is 77.3 Å². The highest BCUT2D eigenvalue weighted by Gasteiger charge is 2.30. The van der Waals surface area contributed by atoms with Crippen LogP contribution >= 0.6 is 27.5 Å². The van der Waals surface area contributed by atoms with Gasteiger partial charge in [0.05, 0.1) is 4.47 Å². The molecule has 0 bridgehead atoms. The van der Waals surface area contributed by atoms with Gasteiger partial charge in [-0.05, 0) is 58.6 Å². The summed E-state index contributed by atoms with van der Waals surface area (Å²) in [4.78, 5) is 28.5. The number of ether oxygens (including phenoxy) is 1. The Bertz CT molecular complexity index is 1140. The predicted octanol–water partition coefficient (Wildman–Crippen LogP) is 5.96. The van der Waals surface area contributed by atoms with Crippen LogP contribution in [-0.4, -0.2) is 35.9 Å². The fourth-order valence-electron chi connectivity index (χ4n) is 3.74. The minimum Gasteiger partial charge on any atom is -0.483 e. The molecule has 184 valence electrons. The fourth-order valence-corrected chi connectivity index (χ4v) is 4.54. The molecule has 0 heterocycles. The van der Waals surface area contributed by atoms with Crippen molar-refractivity contribution in [2.24, 2.45) is 0 Å². The Morgan fingerprint density at radius 3 is 2.46 bits per heavy atom. The van der Waals surface area contributed by atoms with Gasteiger partial charge in [0.1, 0.15) is 11.8 Å². The summed E-state index contributed by atoms with van der Waals surface area (Å²) in [5, 5.41) is 3.54. The van der Waals surface area contributed by atoms with Crippen molar-refractivity contribution in [3.8, 4) is 5.75 Å². The minimum absolute atomic E-state index is 0.177. The zero-order chi connectivity index (χ0) is 25.2. The summed E-state index contributed by atoms with van der Waals surface area (Å²) in [5.41, 5.74) is 3.02. The van der Waals surface area contributed by atoms with Crippen molar-refractivity contribution in [3.05, 3.63) is 99.0 Å². The molecule has 0 fully saturated rings. The maximum absolute atomic E-state index is 13.6. The minimum atomic E-state index is -0.686. The summed E-state index contributed by atoms with van der Waals surface area (Å²) in [5.74, 6) is 0.0543. The van der Waals surface area contributed by atoms with Gasteiger partial charge < -0.3 is 15.0 Å². The molecule has 3 rings (SSSR count). The Morgan fingerprint density at radius 1 is 1.03 bits per heavy atom. The second-order valence-electron chi connectivity index (χ2n) is 8.37. The second-order valence-corrected chi connectivity index (χ2v) is 9.66. The summed E-state index contributed by atoms with van der Waals surface area (Å²) in [6.45, 7) is 4.64. The summed E-state index contributed by atoms with van der Waals surface area (Å²) in [6.07, 6.45) is 1.21. The monoisotopic (exact) mass is 556 g/mol. The highest BCUT2D eigenvalue weighted by atomic mass is 79.9. The molecule has 2 amide bonds. The van der Waals surface area contributed by atoms with Crippen LogP contribution in [0.1, 0.15) is 30.0 Å². The van der Waals surface area contributed by atoms with Gasteiger partial charge in [-0.15, -0.1) is 0 Å². The van der Waals surface area contributed by atoms with Gasteiger partial charge in [0.2, 0.25) is 5.91 Å². The first-order valence-electron chi connectivity index (χ1n) is 11.6. The number of hydrogen-bond acceptors (Lipinski definition) is 3. The molecule has 35 heavy (non-hydrogen) atoms. The number of aryl methyl sites for hydroxylation is 1. The molecule has 5 nitrogen and oxygen atoms in total. The first-order chi connectivity index (χ1) is 16.9. The Balaban J connectivity index is 1.90. The van der Waals surface area contributed by atoms with Crippen molar-refractivity contribution >= 4 is 39.3 Å². The maximum atomic E-state index is 13.6. The molecule has 0 saturated heterocycles. The number of nitrogens with zero attached hydrogens (tertiary/aromatic N) is 1. The SMILES string of the molecule is CCCNC(=O)[C@@H](Cc1ccccc1)N(Cc1cccc(C)c1)C(=O)COc1ccc(Cl)cc1Br. The lowest BCUT2D eigenvalue weighted by atomic mass is 10.0. The average molecular weight is 558 g/mol. The van der Waals surface area contributed by atoms with Gasteiger partial charge >= 0.3 is 0 Å². The van der Waals surface area contributed by atoms with Crippen molar-refractivity contribution < 1.29 is 14.3 Å². The third-order valence-corrected chi connectivity index (χ3v) is 6.36. The lowest BCUT2D eigenvalue weighted by Crippen LogP contribution is -2.51. The average Bonchev–Trinajstić information content (AvgIpc) is 2.84. The van der Waals surface area contributed by atoms with E-state index >= 15 is 0 Å². The van der Waals surface area contributed by atoms with Crippen molar-refractivity contribution in [1.29, 1.82) is 0 Å². The fraction of sp³-hybridized carbons (Fsp3) is 0.286. The summed E-state index contributed by atoms with van der Waals surface area (Å²) in [6, 6.07) is 22.1. The third-order valence-electron chi connectivity index (χ3n) is 5.50. The van der Waals surface area contributed by atoms with Gasteiger partial charge in [0.15, 0.2) is 6.61 Å². The molecule has 0 radical (unpaired) electrons.